The number of aromatic nitrogens is 3. The van der Waals surface area contributed by atoms with Crippen molar-refractivity contribution in [3.8, 4) is 22.5 Å². The molecule has 0 aliphatic carbocycles. The maximum absolute atomic E-state index is 5.03. The maximum Gasteiger partial charge on any atom is 0.0787 e. The summed E-state index contributed by atoms with van der Waals surface area (Å²) in [6.45, 7) is 6.29. The second kappa shape index (κ2) is 10.8. The van der Waals surface area contributed by atoms with Gasteiger partial charge in [-0.05, 0) is 92.8 Å². The third-order valence-corrected chi connectivity index (χ3v) is 7.56. The number of hydrogen-bond acceptors (Lipinski definition) is 3. The molecule has 0 aliphatic heterocycles. The van der Waals surface area contributed by atoms with E-state index in [0.29, 0.717) is 0 Å². The lowest BCUT2D eigenvalue weighted by molar-refractivity contribution is 0.734. The molecule has 0 aliphatic rings. The van der Waals surface area contributed by atoms with Crippen LogP contribution in [0.4, 0.5) is 0 Å². The molecular weight excluding hydrogens is 474 g/mol. The second-order valence-electron chi connectivity index (χ2n) is 10.6. The van der Waals surface area contributed by atoms with Gasteiger partial charge >= 0.3 is 0 Å². The highest BCUT2D eigenvalue weighted by Gasteiger charge is 2.13. The molecular formula is C36H33N3. The predicted octanol–water partition coefficient (Wildman–Crippen LogP) is 9.00. The zero-order valence-corrected chi connectivity index (χ0v) is 22.9. The molecule has 0 bridgehead atoms. The Morgan fingerprint density at radius 2 is 1.41 bits per heavy atom. The highest BCUT2D eigenvalue weighted by molar-refractivity contribution is 6.04. The average Bonchev–Trinajstić information content (AvgIpc) is 2.95. The van der Waals surface area contributed by atoms with Crippen molar-refractivity contribution in [3.63, 3.8) is 0 Å². The lowest BCUT2D eigenvalue weighted by Crippen LogP contribution is -1.96. The van der Waals surface area contributed by atoms with Crippen molar-refractivity contribution in [3.05, 3.63) is 125 Å². The van der Waals surface area contributed by atoms with Crippen molar-refractivity contribution < 1.29 is 0 Å². The van der Waals surface area contributed by atoms with Crippen LogP contribution in [0.25, 0.3) is 44.2 Å². The van der Waals surface area contributed by atoms with Gasteiger partial charge in [0.15, 0.2) is 0 Å². The first-order chi connectivity index (χ1) is 19.0. The van der Waals surface area contributed by atoms with Crippen LogP contribution >= 0.6 is 0 Å². The van der Waals surface area contributed by atoms with Gasteiger partial charge in [0.2, 0.25) is 0 Å². The number of pyridine rings is 3. The molecule has 3 aromatic carbocycles. The minimum atomic E-state index is 1.01. The van der Waals surface area contributed by atoms with Crippen LogP contribution in [-0.2, 0) is 12.8 Å². The summed E-state index contributed by atoms with van der Waals surface area (Å²) in [5, 5.41) is 3.65. The summed E-state index contributed by atoms with van der Waals surface area (Å²) >= 11 is 0. The first kappa shape index (κ1) is 24.9. The molecule has 0 radical (unpaired) electrons. The molecule has 3 heterocycles. The van der Waals surface area contributed by atoms with E-state index >= 15 is 0 Å². The second-order valence-corrected chi connectivity index (χ2v) is 10.6. The quantitative estimate of drug-likeness (QED) is 0.202. The fraction of sp³-hybridized carbons (Fsp3) is 0.194. The standard InChI is InChI=1S/C36H33N3/c1-24-12-16-28(17-13-24)34-19-15-27(22-37-34)8-4-5-9-29-23-38-36(32-11-7-6-10-30(29)32)33-20-25(2)21-35-31(33)18-14-26(3)39-35/h6-7,10-23H,4-5,8-9H2,1-3H3. The van der Waals surface area contributed by atoms with Crippen LogP contribution in [-0.4, -0.2) is 15.0 Å². The Morgan fingerprint density at radius 3 is 2.21 bits per heavy atom. The van der Waals surface area contributed by atoms with Crippen LogP contribution in [0.2, 0.25) is 0 Å². The third kappa shape index (κ3) is 5.31. The Morgan fingerprint density at radius 1 is 0.615 bits per heavy atom. The number of fused-ring (bicyclic) bond motifs is 2. The van der Waals surface area contributed by atoms with Gasteiger partial charge in [-0.3, -0.25) is 15.0 Å². The fourth-order valence-electron chi connectivity index (χ4n) is 5.45. The molecule has 3 nitrogen and oxygen atoms in total. The highest BCUT2D eigenvalue weighted by atomic mass is 14.7. The van der Waals surface area contributed by atoms with Crippen LogP contribution in [0.15, 0.2) is 97.3 Å². The van der Waals surface area contributed by atoms with Crippen LogP contribution < -0.4 is 0 Å². The summed E-state index contributed by atoms with van der Waals surface area (Å²) in [6.07, 6.45) is 8.40. The number of nitrogens with zero attached hydrogens (tertiary/aromatic N) is 3. The predicted molar refractivity (Wildman–Crippen MR) is 163 cm³/mol. The first-order valence-corrected chi connectivity index (χ1v) is 13.8. The Kier molecular flexibility index (Phi) is 6.89. The summed E-state index contributed by atoms with van der Waals surface area (Å²) in [6, 6.07) is 30.3. The molecule has 0 saturated heterocycles. The number of benzene rings is 3. The number of rotatable bonds is 7. The molecule has 0 atom stereocenters. The minimum absolute atomic E-state index is 1.01. The van der Waals surface area contributed by atoms with Crippen LogP contribution in [0.1, 0.15) is 40.8 Å². The monoisotopic (exact) mass is 507 g/mol. The van der Waals surface area contributed by atoms with E-state index < -0.39 is 0 Å². The van der Waals surface area contributed by atoms with Crippen LogP contribution in [0.5, 0.6) is 0 Å². The van der Waals surface area contributed by atoms with Gasteiger partial charge in [0.25, 0.3) is 0 Å². The SMILES string of the molecule is Cc1ccc(-c2ccc(CCCCc3cnc(-c4cc(C)cc5nc(C)ccc45)c4ccccc34)cn2)cc1. The molecule has 0 unspecified atom stereocenters. The summed E-state index contributed by atoms with van der Waals surface area (Å²) < 4.78 is 0. The summed E-state index contributed by atoms with van der Waals surface area (Å²) in [5.74, 6) is 0. The Hall–Kier alpha value is -4.37. The van der Waals surface area contributed by atoms with Gasteiger partial charge in [0.1, 0.15) is 0 Å². The smallest absolute Gasteiger partial charge is 0.0787 e. The van der Waals surface area contributed by atoms with Crippen molar-refractivity contribution in [2.24, 2.45) is 0 Å². The Balaban J connectivity index is 1.19. The fourth-order valence-corrected chi connectivity index (χ4v) is 5.45. The molecule has 39 heavy (non-hydrogen) atoms. The molecule has 0 fully saturated rings. The van der Waals surface area contributed by atoms with E-state index in [1.165, 1.54) is 38.6 Å². The highest BCUT2D eigenvalue weighted by Crippen LogP contribution is 2.34. The van der Waals surface area contributed by atoms with Gasteiger partial charge < -0.3 is 0 Å². The van der Waals surface area contributed by atoms with Gasteiger partial charge in [0, 0.05) is 40.0 Å². The molecule has 6 rings (SSSR count). The maximum atomic E-state index is 5.03. The van der Waals surface area contributed by atoms with Crippen molar-refractivity contribution in [2.45, 2.75) is 46.5 Å². The molecule has 0 saturated carbocycles. The van der Waals surface area contributed by atoms with E-state index in [1.807, 2.05) is 13.1 Å². The number of aryl methyl sites for hydroxylation is 5. The van der Waals surface area contributed by atoms with Gasteiger partial charge in [-0.25, -0.2) is 0 Å². The first-order valence-electron chi connectivity index (χ1n) is 13.8. The summed E-state index contributed by atoms with van der Waals surface area (Å²) in [5.41, 5.74) is 11.5. The van der Waals surface area contributed by atoms with E-state index in [2.05, 4.69) is 105 Å². The minimum Gasteiger partial charge on any atom is -0.256 e. The van der Waals surface area contributed by atoms with Gasteiger partial charge in [-0.2, -0.15) is 0 Å². The van der Waals surface area contributed by atoms with Gasteiger partial charge in [-0.1, -0.05) is 66.2 Å². The summed E-state index contributed by atoms with van der Waals surface area (Å²) in [7, 11) is 0. The Labute approximate surface area is 230 Å². The molecule has 0 amide bonds. The molecule has 3 heteroatoms. The van der Waals surface area contributed by atoms with Crippen LogP contribution in [0.3, 0.4) is 0 Å². The largest absolute Gasteiger partial charge is 0.256 e. The lowest BCUT2D eigenvalue weighted by Gasteiger charge is -2.13. The van der Waals surface area contributed by atoms with Crippen molar-refractivity contribution in [2.75, 3.05) is 0 Å². The normalized spacial score (nSPS) is 11.4. The summed E-state index contributed by atoms with van der Waals surface area (Å²) in [4.78, 5) is 14.5. The molecule has 192 valence electrons. The average molecular weight is 508 g/mol. The van der Waals surface area contributed by atoms with E-state index in [1.54, 1.807) is 0 Å². The van der Waals surface area contributed by atoms with Crippen molar-refractivity contribution >= 4 is 21.7 Å². The van der Waals surface area contributed by atoms with E-state index in [0.717, 1.165) is 59.2 Å². The lowest BCUT2D eigenvalue weighted by atomic mass is 9.95. The van der Waals surface area contributed by atoms with E-state index in [9.17, 15) is 0 Å². The van der Waals surface area contributed by atoms with Crippen LogP contribution in [0, 0.1) is 20.8 Å². The molecule has 0 N–H and O–H groups in total. The topological polar surface area (TPSA) is 38.7 Å². The number of hydrogen-bond donors (Lipinski definition) is 0. The number of unbranched alkanes of at least 4 members (excludes halogenated alkanes) is 1. The zero-order chi connectivity index (χ0) is 26.8. The zero-order valence-electron chi connectivity index (χ0n) is 22.9. The van der Waals surface area contributed by atoms with Crippen molar-refractivity contribution in [1.29, 1.82) is 0 Å². The third-order valence-electron chi connectivity index (χ3n) is 7.56. The van der Waals surface area contributed by atoms with Crippen molar-refractivity contribution in [1.82, 2.24) is 15.0 Å². The molecule has 0 spiro atoms. The Bertz CT molecular complexity index is 1760. The molecule has 6 aromatic rings. The van der Waals surface area contributed by atoms with Gasteiger partial charge in [0.05, 0.1) is 16.9 Å². The van der Waals surface area contributed by atoms with Gasteiger partial charge in [-0.15, -0.1) is 0 Å². The van der Waals surface area contributed by atoms with E-state index in [4.69, 9.17) is 15.0 Å². The molecule has 3 aromatic heterocycles. The van der Waals surface area contributed by atoms with E-state index in [-0.39, 0.29) is 0 Å².